The Kier molecular flexibility index (Phi) is 2.54. The smallest absolute Gasteiger partial charge is 0.220 e. The first-order valence-corrected chi connectivity index (χ1v) is 5.25. The monoisotopic (exact) mass is 182 g/mol. The van der Waals surface area contributed by atoms with E-state index in [0.29, 0.717) is 6.04 Å². The molecular formula is C10H18N2O. The summed E-state index contributed by atoms with van der Waals surface area (Å²) in [5, 5.41) is 3.01. The number of hydrogen-bond donors (Lipinski definition) is 1. The molecule has 1 amide bonds. The quantitative estimate of drug-likeness (QED) is 0.698. The molecule has 13 heavy (non-hydrogen) atoms. The van der Waals surface area contributed by atoms with Crippen molar-refractivity contribution in [2.24, 2.45) is 0 Å². The van der Waals surface area contributed by atoms with Gasteiger partial charge in [0.2, 0.25) is 5.91 Å². The minimum atomic E-state index is 0.229. The minimum Gasteiger partial charge on any atom is -0.352 e. The third kappa shape index (κ3) is 2.02. The van der Waals surface area contributed by atoms with Crippen LogP contribution in [0.3, 0.4) is 0 Å². The zero-order chi connectivity index (χ0) is 9.26. The number of carbonyl (C=O) groups is 1. The van der Waals surface area contributed by atoms with E-state index >= 15 is 0 Å². The number of rotatable bonds is 3. The van der Waals surface area contributed by atoms with Crippen molar-refractivity contribution in [1.29, 1.82) is 0 Å². The minimum absolute atomic E-state index is 0.229. The molecule has 74 valence electrons. The SMILES string of the molecule is CN(CC1CCC(=O)N1)C1CCC1. The van der Waals surface area contributed by atoms with Crippen molar-refractivity contribution < 1.29 is 4.79 Å². The van der Waals surface area contributed by atoms with E-state index in [2.05, 4.69) is 17.3 Å². The molecule has 3 nitrogen and oxygen atoms in total. The van der Waals surface area contributed by atoms with Gasteiger partial charge in [0, 0.05) is 25.0 Å². The molecule has 1 aliphatic carbocycles. The highest BCUT2D eigenvalue weighted by Crippen LogP contribution is 2.24. The van der Waals surface area contributed by atoms with Gasteiger partial charge in [0.1, 0.15) is 0 Å². The van der Waals surface area contributed by atoms with Crippen LogP contribution < -0.4 is 5.32 Å². The van der Waals surface area contributed by atoms with Gasteiger partial charge in [-0.25, -0.2) is 0 Å². The van der Waals surface area contributed by atoms with Gasteiger partial charge >= 0.3 is 0 Å². The molecule has 0 aromatic heterocycles. The summed E-state index contributed by atoms with van der Waals surface area (Å²) in [6.45, 7) is 1.04. The van der Waals surface area contributed by atoms with E-state index < -0.39 is 0 Å². The Labute approximate surface area is 79.5 Å². The van der Waals surface area contributed by atoms with Gasteiger partial charge < -0.3 is 10.2 Å². The van der Waals surface area contributed by atoms with Crippen molar-refractivity contribution in [2.75, 3.05) is 13.6 Å². The second kappa shape index (κ2) is 3.66. The summed E-state index contributed by atoms with van der Waals surface area (Å²) in [5.74, 6) is 0.229. The number of amides is 1. The lowest BCUT2D eigenvalue weighted by Gasteiger charge is -2.36. The fraction of sp³-hybridized carbons (Fsp3) is 0.900. The van der Waals surface area contributed by atoms with Crippen molar-refractivity contribution in [3.8, 4) is 0 Å². The maximum Gasteiger partial charge on any atom is 0.220 e. The standard InChI is InChI=1S/C10H18N2O/c1-12(9-3-2-4-9)7-8-5-6-10(13)11-8/h8-9H,2-7H2,1H3,(H,11,13). The van der Waals surface area contributed by atoms with Crippen LogP contribution in [-0.4, -0.2) is 36.5 Å². The van der Waals surface area contributed by atoms with Gasteiger partial charge in [0.05, 0.1) is 0 Å². The molecule has 0 radical (unpaired) electrons. The highest BCUT2D eigenvalue weighted by molar-refractivity contribution is 5.78. The maximum absolute atomic E-state index is 11.0. The fourth-order valence-electron chi connectivity index (χ4n) is 2.14. The van der Waals surface area contributed by atoms with Crippen LogP contribution in [0, 0.1) is 0 Å². The molecular weight excluding hydrogens is 164 g/mol. The van der Waals surface area contributed by atoms with E-state index in [1.807, 2.05) is 0 Å². The molecule has 0 spiro atoms. The molecule has 0 aromatic rings. The van der Waals surface area contributed by atoms with Crippen molar-refractivity contribution in [1.82, 2.24) is 10.2 Å². The van der Waals surface area contributed by atoms with Crippen molar-refractivity contribution in [3.63, 3.8) is 0 Å². The topological polar surface area (TPSA) is 32.3 Å². The van der Waals surface area contributed by atoms with Gasteiger partial charge in [-0.05, 0) is 26.3 Å². The summed E-state index contributed by atoms with van der Waals surface area (Å²) >= 11 is 0. The molecule has 1 heterocycles. The lowest BCUT2D eigenvalue weighted by molar-refractivity contribution is -0.119. The largest absolute Gasteiger partial charge is 0.352 e. The molecule has 1 saturated heterocycles. The highest BCUT2D eigenvalue weighted by Gasteiger charge is 2.27. The summed E-state index contributed by atoms with van der Waals surface area (Å²) in [5.41, 5.74) is 0. The number of nitrogens with one attached hydrogen (secondary N) is 1. The van der Waals surface area contributed by atoms with Crippen LogP contribution in [0.2, 0.25) is 0 Å². The molecule has 0 aromatic carbocycles. The average Bonchev–Trinajstić information content (AvgIpc) is 2.31. The molecule has 0 bridgehead atoms. The predicted octanol–water partition coefficient (Wildman–Crippen LogP) is 0.749. The number of nitrogens with zero attached hydrogens (tertiary/aromatic N) is 1. The average molecular weight is 182 g/mol. The van der Waals surface area contributed by atoms with Crippen LogP contribution in [0.5, 0.6) is 0 Å². The molecule has 2 fully saturated rings. The summed E-state index contributed by atoms with van der Waals surface area (Å²) in [6.07, 6.45) is 5.82. The van der Waals surface area contributed by atoms with E-state index in [4.69, 9.17) is 0 Å². The van der Waals surface area contributed by atoms with Gasteiger partial charge in [0.15, 0.2) is 0 Å². The Balaban J connectivity index is 1.73. The van der Waals surface area contributed by atoms with Gasteiger partial charge in [-0.15, -0.1) is 0 Å². The zero-order valence-corrected chi connectivity index (χ0v) is 8.25. The van der Waals surface area contributed by atoms with E-state index in [1.165, 1.54) is 19.3 Å². The third-order valence-corrected chi connectivity index (χ3v) is 3.29. The first-order valence-electron chi connectivity index (χ1n) is 5.25. The lowest BCUT2D eigenvalue weighted by Crippen LogP contribution is -2.44. The normalized spacial score (nSPS) is 29.1. The summed E-state index contributed by atoms with van der Waals surface area (Å²) in [4.78, 5) is 13.4. The van der Waals surface area contributed by atoms with Gasteiger partial charge in [-0.2, -0.15) is 0 Å². The predicted molar refractivity (Wildman–Crippen MR) is 51.4 cm³/mol. The summed E-state index contributed by atoms with van der Waals surface area (Å²) in [6, 6.07) is 1.20. The molecule has 1 aliphatic heterocycles. The van der Waals surface area contributed by atoms with Gasteiger partial charge in [-0.1, -0.05) is 6.42 Å². The van der Waals surface area contributed by atoms with Crippen molar-refractivity contribution in [3.05, 3.63) is 0 Å². The maximum atomic E-state index is 11.0. The van der Waals surface area contributed by atoms with Crippen LogP contribution in [0.4, 0.5) is 0 Å². The van der Waals surface area contributed by atoms with E-state index in [-0.39, 0.29) is 5.91 Å². The summed E-state index contributed by atoms with van der Waals surface area (Å²) < 4.78 is 0. The van der Waals surface area contributed by atoms with Crippen LogP contribution >= 0.6 is 0 Å². The Bertz CT molecular complexity index is 201. The van der Waals surface area contributed by atoms with Crippen LogP contribution in [-0.2, 0) is 4.79 Å². The van der Waals surface area contributed by atoms with Crippen molar-refractivity contribution >= 4 is 5.91 Å². The second-order valence-corrected chi connectivity index (χ2v) is 4.33. The summed E-state index contributed by atoms with van der Waals surface area (Å²) in [7, 11) is 2.17. The van der Waals surface area contributed by atoms with Crippen molar-refractivity contribution in [2.45, 2.75) is 44.2 Å². The van der Waals surface area contributed by atoms with E-state index in [1.54, 1.807) is 0 Å². The second-order valence-electron chi connectivity index (χ2n) is 4.33. The Morgan fingerprint density at radius 3 is 2.69 bits per heavy atom. The van der Waals surface area contributed by atoms with Gasteiger partial charge in [0.25, 0.3) is 0 Å². The molecule has 3 heteroatoms. The highest BCUT2D eigenvalue weighted by atomic mass is 16.1. The Morgan fingerprint density at radius 1 is 1.46 bits per heavy atom. The number of carbonyl (C=O) groups excluding carboxylic acids is 1. The molecule has 1 saturated carbocycles. The first kappa shape index (κ1) is 9.00. The van der Waals surface area contributed by atoms with Crippen LogP contribution in [0.15, 0.2) is 0 Å². The third-order valence-electron chi connectivity index (χ3n) is 3.29. The van der Waals surface area contributed by atoms with E-state index in [9.17, 15) is 4.79 Å². The molecule has 2 aliphatic rings. The Hall–Kier alpha value is -0.570. The number of likely N-dealkylation sites (N-methyl/N-ethyl adjacent to an activating group) is 1. The molecule has 1 unspecified atom stereocenters. The molecule has 1 atom stereocenters. The first-order chi connectivity index (χ1) is 6.25. The van der Waals surface area contributed by atoms with Gasteiger partial charge in [-0.3, -0.25) is 4.79 Å². The molecule has 2 rings (SSSR count). The van der Waals surface area contributed by atoms with Crippen LogP contribution in [0.25, 0.3) is 0 Å². The van der Waals surface area contributed by atoms with E-state index in [0.717, 1.165) is 25.4 Å². The fourth-order valence-corrected chi connectivity index (χ4v) is 2.14. The van der Waals surface area contributed by atoms with Crippen LogP contribution in [0.1, 0.15) is 32.1 Å². The Morgan fingerprint density at radius 2 is 2.23 bits per heavy atom. The zero-order valence-electron chi connectivity index (χ0n) is 8.25. The number of hydrogen-bond acceptors (Lipinski definition) is 2. The lowest BCUT2D eigenvalue weighted by atomic mass is 9.91. The molecule has 1 N–H and O–H groups in total.